The van der Waals surface area contributed by atoms with Crippen LogP contribution in [0.4, 0.5) is 22.0 Å². The molecule has 1 aromatic carbocycles. The van der Waals surface area contributed by atoms with Gasteiger partial charge in [-0.25, -0.2) is 22.0 Å². The van der Waals surface area contributed by atoms with E-state index in [0.29, 0.717) is 0 Å². The van der Waals surface area contributed by atoms with E-state index < -0.39 is 46.7 Å². The minimum Gasteiger partial charge on any atom is -0.373 e. The van der Waals surface area contributed by atoms with Gasteiger partial charge in [0.2, 0.25) is 5.82 Å². The molecular formula is C12H9ClF5NO2. The molecule has 1 fully saturated rings. The van der Waals surface area contributed by atoms with Gasteiger partial charge in [0.1, 0.15) is 5.56 Å². The van der Waals surface area contributed by atoms with E-state index in [4.69, 9.17) is 16.3 Å². The Hall–Kier alpha value is -1.41. The lowest BCUT2D eigenvalue weighted by molar-refractivity contribution is -0.0112. The van der Waals surface area contributed by atoms with Crippen molar-refractivity contribution in [2.24, 2.45) is 0 Å². The van der Waals surface area contributed by atoms with Crippen LogP contribution < -0.4 is 0 Å². The second-order valence-corrected chi connectivity index (χ2v) is 4.65. The summed E-state index contributed by atoms with van der Waals surface area (Å²) < 4.78 is 71.4. The molecule has 116 valence electrons. The number of benzene rings is 1. The van der Waals surface area contributed by atoms with Gasteiger partial charge in [0.05, 0.1) is 18.6 Å². The average Bonchev–Trinajstić information content (AvgIpc) is 2.51. The minimum absolute atomic E-state index is 0.0287. The van der Waals surface area contributed by atoms with E-state index in [1.165, 1.54) is 0 Å². The molecular weight excluding hydrogens is 321 g/mol. The maximum Gasteiger partial charge on any atom is 0.260 e. The Kier molecular flexibility index (Phi) is 4.67. The Morgan fingerprint density at radius 2 is 1.62 bits per heavy atom. The van der Waals surface area contributed by atoms with E-state index in [1.807, 2.05) is 0 Å². The van der Waals surface area contributed by atoms with Crippen LogP contribution >= 0.6 is 11.6 Å². The monoisotopic (exact) mass is 329 g/mol. The fourth-order valence-electron chi connectivity index (χ4n) is 1.95. The highest BCUT2D eigenvalue weighted by Crippen LogP contribution is 2.24. The summed E-state index contributed by atoms with van der Waals surface area (Å²) in [5.74, 6) is -12.2. The average molecular weight is 330 g/mol. The third-order valence-electron chi connectivity index (χ3n) is 3.02. The molecule has 0 N–H and O–H groups in total. The van der Waals surface area contributed by atoms with Gasteiger partial charge in [-0.2, -0.15) is 0 Å². The molecule has 0 spiro atoms. The fraction of sp³-hybridized carbons (Fsp3) is 0.417. The fourth-order valence-corrected chi connectivity index (χ4v) is 2.13. The van der Waals surface area contributed by atoms with Crippen LogP contribution in [-0.2, 0) is 4.74 Å². The first kappa shape index (κ1) is 16.0. The molecule has 0 bridgehead atoms. The molecule has 21 heavy (non-hydrogen) atoms. The second-order valence-electron chi connectivity index (χ2n) is 4.34. The van der Waals surface area contributed by atoms with Crippen LogP contribution in [-0.4, -0.2) is 42.5 Å². The highest BCUT2D eigenvalue weighted by molar-refractivity contribution is 6.18. The molecule has 0 aromatic heterocycles. The van der Waals surface area contributed by atoms with Gasteiger partial charge >= 0.3 is 0 Å². The molecule has 0 aliphatic carbocycles. The first-order valence-corrected chi connectivity index (χ1v) is 6.40. The van der Waals surface area contributed by atoms with E-state index in [0.717, 1.165) is 4.90 Å². The molecule has 9 heteroatoms. The van der Waals surface area contributed by atoms with E-state index in [-0.39, 0.29) is 25.6 Å². The molecule has 0 radical (unpaired) electrons. The van der Waals surface area contributed by atoms with Crippen LogP contribution in [0, 0.1) is 29.1 Å². The number of amides is 1. The van der Waals surface area contributed by atoms with Gasteiger partial charge in [0.15, 0.2) is 23.3 Å². The molecule has 1 aromatic rings. The summed E-state index contributed by atoms with van der Waals surface area (Å²) >= 11 is 5.55. The predicted molar refractivity (Wildman–Crippen MR) is 62.6 cm³/mol. The van der Waals surface area contributed by atoms with Crippen molar-refractivity contribution in [3.63, 3.8) is 0 Å². The third-order valence-corrected chi connectivity index (χ3v) is 3.37. The highest BCUT2D eigenvalue weighted by Gasteiger charge is 2.33. The van der Waals surface area contributed by atoms with Gasteiger partial charge in [-0.1, -0.05) is 0 Å². The molecule has 0 saturated carbocycles. The van der Waals surface area contributed by atoms with Crippen LogP contribution in [0.5, 0.6) is 0 Å². The third kappa shape index (κ3) is 2.82. The van der Waals surface area contributed by atoms with Crippen molar-refractivity contribution in [2.75, 3.05) is 25.6 Å². The lowest BCUT2D eigenvalue weighted by Crippen LogP contribution is -2.46. The van der Waals surface area contributed by atoms with Gasteiger partial charge in [0, 0.05) is 13.1 Å². The molecule has 2 rings (SSSR count). The normalized spacial score (nSPS) is 19.0. The number of halogens is 6. The van der Waals surface area contributed by atoms with Crippen LogP contribution in [0.2, 0.25) is 0 Å². The largest absolute Gasteiger partial charge is 0.373 e. The van der Waals surface area contributed by atoms with Crippen LogP contribution in [0.25, 0.3) is 0 Å². The summed E-state index contributed by atoms with van der Waals surface area (Å²) in [6.45, 7) is -0.0773. The Balaban J connectivity index is 2.40. The lowest BCUT2D eigenvalue weighted by atomic mass is 10.1. The van der Waals surface area contributed by atoms with Crippen molar-refractivity contribution in [1.82, 2.24) is 4.90 Å². The number of hydrogen-bond acceptors (Lipinski definition) is 2. The first-order chi connectivity index (χ1) is 9.88. The molecule has 1 unspecified atom stereocenters. The van der Waals surface area contributed by atoms with Crippen molar-refractivity contribution >= 4 is 17.5 Å². The number of alkyl halides is 1. The number of rotatable bonds is 2. The standard InChI is InChI=1S/C12H9ClF5NO2/c13-3-5-4-19(1-2-21-5)12(20)6-7(14)9(16)11(18)10(17)8(6)15/h5H,1-4H2. The summed E-state index contributed by atoms with van der Waals surface area (Å²) in [4.78, 5) is 12.9. The first-order valence-electron chi connectivity index (χ1n) is 5.86. The molecule has 1 aliphatic heterocycles. The number of carbonyl (C=O) groups excluding carboxylic acids is 1. The highest BCUT2D eigenvalue weighted by atomic mass is 35.5. The molecule has 1 atom stereocenters. The zero-order valence-electron chi connectivity index (χ0n) is 10.4. The molecule has 1 amide bonds. The summed E-state index contributed by atoms with van der Waals surface area (Å²) in [5.41, 5.74) is -1.47. The van der Waals surface area contributed by atoms with Gasteiger partial charge in [0.25, 0.3) is 5.91 Å². The van der Waals surface area contributed by atoms with Gasteiger partial charge in [-0.05, 0) is 0 Å². The van der Waals surface area contributed by atoms with Crippen molar-refractivity contribution in [3.05, 3.63) is 34.6 Å². The SMILES string of the molecule is O=C(c1c(F)c(F)c(F)c(F)c1F)N1CCOC(CCl)C1. The van der Waals surface area contributed by atoms with E-state index in [1.54, 1.807) is 0 Å². The summed E-state index contributed by atoms with van der Waals surface area (Å²) in [6, 6.07) is 0. The maximum absolute atomic E-state index is 13.6. The quantitative estimate of drug-likeness (QED) is 0.361. The number of nitrogens with zero attached hydrogens (tertiary/aromatic N) is 1. The second kappa shape index (κ2) is 6.15. The Morgan fingerprint density at radius 1 is 1.10 bits per heavy atom. The van der Waals surface area contributed by atoms with Crippen molar-refractivity contribution in [2.45, 2.75) is 6.10 Å². The zero-order valence-corrected chi connectivity index (χ0v) is 11.2. The van der Waals surface area contributed by atoms with E-state index in [2.05, 4.69) is 0 Å². The summed E-state index contributed by atoms with van der Waals surface area (Å²) in [7, 11) is 0. The predicted octanol–water partition coefficient (Wildman–Crippen LogP) is 2.46. The molecule has 1 heterocycles. The topological polar surface area (TPSA) is 29.5 Å². The Labute approximate surface area is 121 Å². The van der Waals surface area contributed by atoms with Crippen LogP contribution in [0.15, 0.2) is 0 Å². The molecule has 1 aliphatic rings. The minimum atomic E-state index is -2.30. The number of hydrogen-bond donors (Lipinski definition) is 0. The Morgan fingerprint density at radius 3 is 2.14 bits per heavy atom. The van der Waals surface area contributed by atoms with Crippen molar-refractivity contribution < 1.29 is 31.5 Å². The van der Waals surface area contributed by atoms with Crippen molar-refractivity contribution in [3.8, 4) is 0 Å². The van der Waals surface area contributed by atoms with Crippen LogP contribution in [0.1, 0.15) is 10.4 Å². The van der Waals surface area contributed by atoms with E-state index in [9.17, 15) is 26.7 Å². The smallest absolute Gasteiger partial charge is 0.260 e. The van der Waals surface area contributed by atoms with Gasteiger partial charge in [-0.15, -0.1) is 11.6 Å². The van der Waals surface area contributed by atoms with E-state index >= 15 is 0 Å². The summed E-state index contributed by atoms with van der Waals surface area (Å²) in [6.07, 6.45) is -0.564. The summed E-state index contributed by atoms with van der Waals surface area (Å²) in [5, 5.41) is 0. The maximum atomic E-state index is 13.6. The zero-order chi connectivity index (χ0) is 15.7. The van der Waals surface area contributed by atoms with Crippen LogP contribution in [0.3, 0.4) is 0 Å². The molecule has 3 nitrogen and oxygen atoms in total. The van der Waals surface area contributed by atoms with Crippen molar-refractivity contribution in [1.29, 1.82) is 0 Å². The number of morpholine rings is 1. The lowest BCUT2D eigenvalue weighted by Gasteiger charge is -2.32. The number of ether oxygens (including phenoxy) is 1. The number of carbonyl (C=O) groups is 1. The molecule has 1 saturated heterocycles. The van der Waals surface area contributed by atoms with Gasteiger partial charge < -0.3 is 9.64 Å². The Bertz CT molecular complexity index is 554. The van der Waals surface area contributed by atoms with Gasteiger partial charge in [-0.3, -0.25) is 4.79 Å².